The molecule has 2 aromatic heterocycles. The second-order valence-electron chi connectivity index (χ2n) is 7.41. The van der Waals surface area contributed by atoms with Crippen LogP contribution in [0.1, 0.15) is 36.6 Å². The number of nitrogens with zero attached hydrogens (tertiary/aromatic N) is 4. The molecule has 3 heterocycles. The van der Waals surface area contributed by atoms with Crippen molar-refractivity contribution in [2.24, 2.45) is 0 Å². The minimum absolute atomic E-state index is 0.0713. The predicted molar refractivity (Wildman–Crippen MR) is 108 cm³/mol. The maximum atomic E-state index is 5.72. The van der Waals surface area contributed by atoms with Gasteiger partial charge in [0.1, 0.15) is 17.9 Å². The molecule has 0 saturated carbocycles. The van der Waals surface area contributed by atoms with Gasteiger partial charge in [0.15, 0.2) is 0 Å². The lowest BCUT2D eigenvalue weighted by Crippen LogP contribution is -2.40. The Morgan fingerprint density at radius 3 is 2.82 bits per heavy atom. The molecule has 4 rings (SSSR count). The number of anilines is 1. The average molecular weight is 381 g/mol. The molecule has 0 amide bonds. The van der Waals surface area contributed by atoms with Crippen LogP contribution < -0.4 is 10.1 Å². The van der Waals surface area contributed by atoms with E-state index in [-0.39, 0.29) is 5.41 Å². The van der Waals surface area contributed by atoms with E-state index in [0.717, 1.165) is 56.3 Å². The van der Waals surface area contributed by atoms with Crippen molar-refractivity contribution in [3.05, 3.63) is 47.4 Å². The fraction of sp³-hybridized carbons (Fsp3) is 0.476. The van der Waals surface area contributed by atoms with Gasteiger partial charge >= 0.3 is 0 Å². The Hall–Kier alpha value is -2.67. The van der Waals surface area contributed by atoms with Gasteiger partial charge in [-0.25, -0.2) is 4.98 Å². The highest BCUT2D eigenvalue weighted by Gasteiger charge is 2.37. The van der Waals surface area contributed by atoms with Gasteiger partial charge < -0.3 is 14.8 Å². The quantitative estimate of drug-likeness (QED) is 0.707. The Labute approximate surface area is 165 Å². The van der Waals surface area contributed by atoms with E-state index in [1.165, 1.54) is 11.1 Å². The first-order chi connectivity index (χ1) is 13.6. The van der Waals surface area contributed by atoms with E-state index in [4.69, 9.17) is 9.47 Å². The Kier molecular flexibility index (Phi) is 5.17. The van der Waals surface area contributed by atoms with E-state index in [1.807, 2.05) is 0 Å². The highest BCUT2D eigenvalue weighted by atomic mass is 16.5. The molecule has 3 aromatic rings. The van der Waals surface area contributed by atoms with Crippen LogP contribution >= 0.6 is 0 Å². The summed E-state index contributed by atoms with van der Waals surface area (Å²) in [4.78, 5) is 8.79. The molecule has 0 spiro atoms. The molecule has 7 nitrogen and oxygen atoms in total. The van der Waals surface area contributed by atoms with Crippen LogP contribution in [0.5, 0.6) is 5.75 Å². The Morgan fingerprint density at radius 2 is 2.07 bits per heavy atom. The number of rotatable bonds is 6. The number of benzene rings is 1. The zero-order valence-electron chi connectivity index (χ0n) is 16.7. The minimum Gasteiger partial charge on any atom is -0.496 e. The summed E-state index contributed by atoms with van der Waals surface area (Å²) in [6.07, 6.45) is 4.27. The van der Waals surface area contributed by atoms with Crippen LogP contribution in [0, 0.1) is 6.92 Å². The summed E-state index contributed by atoms with van der Waals surface area (Å²) in [6.45, 7) is 6.47. The van der Waals surface area contributed by atoms with E-state index in [1.54, 1.807) is 18.0 Å². The molecule has 0 atom stereocenters. The van der Waals surface area contributed by atoms with Gasteiger partial charge in [0.25, 0.3) is 5.78 Å². The predicted octanol–water partition coefficient (Wildman–Crippen LogP) is 3.16. The second-order valence-corrected chi connectivity index (χ2v) is 7.41. The maximum Gasteiger partial charge on any atom is 0.254 e. The van der Waals surface area contributed by atoms with Crippen molar-refractivity contribution < 1.29 is 9.47 Å². The van der Waals surface area contributed by atoms with Gasteiger partial charge in [-0.1, -0.05) is 24.6 Å². The largest absolute Gasteiger partial charge is 0.496 e. The Morgan fingerprint density at radius 1 is 1.25 bits per heavy atom. The summed E-state index contributed by atoms with van der Waals surface area (Å²) in [7, 11) is 1.74. The fourth-order valence-electron chi connectivity index (χ4n) is 3.97. The van der Waals surface area contributed by atoms with Crippen LogP contribution in [-0.2, 0) is 16.6 Å². The first kappa shape index (κ1) is 18.7. The van der Waals surface area contributed by atoms with Crippen molar-refractivity contribution in [2.75, 3.05) is 32.2 Å². The number of methoxy groups -OCH3 is 1. The van der Waals surface area contributed by atoms with Crippen LogP contribution in [-0.4, -0.2) is 46.5 Å². The van der Waals surface area contributed by atoms with E-state index >= 15 is 0 Å². The second kappa shape index (κ2) is 7.75. The van der Waals surface area contributed by atoms with Crippen molar-refractivity contribution in [3.8, 4) is 5.75 Å². The molecule has 0 unspecified atom stereocenters. The number of fused-ring (bicyclic) bond motifs is 1. The molecular formula is C21H27N5O2. The Balaban J connectivity index is 1.71. The molecular weight excluding hydrogens is 354 g/mol. The number of ether oxygens (including phenoxy) is 2. The van der Waals surface area contributed by atoms with Crippen molar-refractivity contribution in [1.82, 2.24) is 19.6 Å². The van der Waals surface area contributed by atoms with Gasteiger partial charge in [0, 0.05) is 42.5 Å². The SMILES string of the molecule is CCc1cc(NCC2(c3cc(C)ccc3OC)CCOCC2)n2ncnc2n1. The number of nitrogens with one attached hydrogen (secondary N) is 1. The normalized spacial score (nSPS) is 16.2. The molecule has 0 bridgehead atoms. The lowest BCUT2D eigenvalue weighted by atomic mass is 9.73. The number of hydrogen-bond donors (Lipinski definition) is 1. The number of aromatic nitrogens is 4. The first-order valence-electron chi connectivity index (χ1n) is 9.81. The van der Waals surface area contributed by atoms with Crippen LogP contribution in [0.4, 0.5) is 5.82 Å². The third kappa shape index (κ3) is 3.42. The highest BCUT2D eigenvalue weighted by Crippen LogP contribution is 2.40. The summed E-state index contributed by atoms with van der Waals surface area (Å²) >= 11 is 0. The molecule has 148 valence electrons. The molecule has 28 heavy (non-hydrogen) atoms. The van der Waals surface area contributed by atoms with Crippen molar-refractivity contribution in [1.29, 1.82) is 0 Å². The summed E-state index contributed by atoms with van der Waals surface area (Å²) in [5.74, 6) is 2.47. The van der Waals surface area contributed by atoms with E-state index in [0.29, 0.717) is 5.78 Å². The van der Waals surface area contributed by atoms with Crippen molar-refractivity contribution in [2.45, 2.75) is 38.5 Å². The Bertz CT molecular complexity index is 963. The molecule has 1 saturated heterocycles. The molecule has 1 N–H and O–H groups in total. The van der Waals surface area contributed by atoms with Crippen LogP contribution in [0.25, 0.3) is 5.78 Å². The fourth-order valence-corrected chi connectivity index (χ4v) is 3.97. The molecule has 1 aliphatic rings. The third-order valence-corrected chi connectivity index (χ3v) is 5.65. The lowest BCUT2D eigenvalue weighted by molar-refractivity contribution is 0.0535. The topological polar surface area (TPSA) is 73.6 Å². The van der Waals surface area contributed by atoms with Gasteiger partial charge in [0.05, 0.1) is 7.11 Å². The van der Waals surface area contributed by atoms with Gasteiger partial charge in [-0.15, -0.1) is 0 Å². The summed E-state index contributed by atoms with van der Waals surface area (Å²) in [6, 6.07) is 8.47. The molecule has 7 heteroatoms. The van der Waals surface area contributed by atoms with E-state index in [2.05, 4.69) is 58.5 Å². The molecule has 1 fully saturated rings. The van der Waals surface area contributed by atoms with Gasteiger partial charge in [-0.3, -0.25) is 0 Å². The monoisotopic (exact) mass is 381 g/mol. The first-order valence-corrected chi connectivity index (χ1v) is 9.81. The van der Waals surface area contributed by atoms with Crippen LogP contribution in [0.2, 0.25) is 0 Å². The average Bonchev–Trinajstić information content (AvgIpc) is 3.21. The standard InChI is InChI=1S/C21H27N5O2/c1-4-16-12-19(26-20(25-16)23-14-24-26)22-13-21(7-9-28-10-8-21)17-11-15(2)5-6-18(17)27-3/h5-6,11-12,14,22H,4,7-10,13H2,1-3H3. The van der Waals surface area contributed by atoms with Gasteiger partial charge in [-0.2, -0.15) is 14.6 Å². The van der Waals surface area contributed by atoms with Crippen LogP contribution in [0.3, 0.4) is 0 Å². The molecule has 0 radical (unpaired) electrons. The summed E-state index contributed by atoms with van der Waals surface area (Å²) in [5.41, 5.74) is 3.40. The van der Waals surface area contributed by atoms with E-state index < -0.39 is 0 Å². The van der Waals surface area contributed by atoms with Crippen LogP contribution in [0.15, 0.2) is 30.6 Å². The number of aryl methyl sites for hydroxylation is 2. The molecule has 1 aromatic carbocycles. The van der Waals surface area contributed by atoms with Crippen molar-refractivity contribution >= 4 is 11.6 Å². The zero-order chi connectivity index (χ0) is 19.6. The maximum absolute atomic E-state index is 5.72. The smallest absolute Gasteiger partial charge is 0.254 e. The van der Waals surface area contributed by atoms with E-state index in [9.17, 15) is 0 Å². The lowest BCUT2D eigenvalue weighted by Gasteiger charge is -2.39. The summed E-state index contributed by atoms with van der Waals surface area (Å²) in [5, 5.41) is 7.97. The molecule has 1 aliphatic heterocycles. The number of hydrogen-bond acceptors (Lipinski definition) is 6. The molecule has 0 aliphatic carbocycles. The highest BCUT2D eigenvalue weighted by molar-refractivity contribution is 5.48. The van der Waals surface area contributed by atoms with Crippen molar-refractivity contribution in [3.63, 3.8) is 0 Å². The van der Waals surface area contributed by atoms with Gasteiger partial charge in [-0.05, 0) is 32.3 Å². The summed E-state index contributed by atoms with van der Waals surface area (Å²) < 4.78 is 13.2. The minimum atomic E-state index is -0.0713. The third-order valence-electron chi connectivity index (χ3n) is 5.65. The van der Waals surface area contributed by atoms with Gasteiger partial charge in [0.2, 0.25) is 0 Å². The zero-order valence-corrected chi connectivity index (χ0v) is 16.7.